The van der Waals surface area contributed by atoms with Crippen LogP contribution in [0.1, 0.15) is 79.1 Å². The second-order valence-corrected chi connectivity index (χ2v) is 5.98. The Labute approximate surface area is 115 Å². The van der Waals surface area contributed by atoms with Gasteiger partial charge in [-0.25, -0.2) is 0 Å². The van der Waals surface area contributed by atoms with Gasteiger partial charge in [-0.05, 0) is 50.9 Å². The van der Waals surface area contributed by atoms with Crippen LogP contribution in [0.3, 0.4) is 0 Å². The molecular weight excluding hydrogens is 216 g/mol. The Bertz CT molecular complexity index is 278. The predicted octanol–water partition coefficient (Wildman–Crippen LogP) is 6.29. The Morgan fingerprint density at radius 1 is 0.944 bits per heavy atom. The van der Waals surface area contributed by atoms with E-state index in [-0.39, 0.29) is 0 Å². The minimum absolute atomic E-state index is 0.956. The van der Waals surface area contributed by atoms with Crippen LogP contribution in [0, 0.1) is 11.8 Å². The molecule has 18 heavy (non-hydrogen) atoms. The molecule has 0 heterocycles. The molecule has 0 aromatic heterocycles. The largest absolute Gasteiger partial charge is 0.0730 e. The van der Waals surface area contributed by atoms with E-state index in [1.54, 1.807) is 11.1 Å². The molecule has 0 aromatic rings. The molecule has 0 bridgehead atoms. The van der Waals surface area contributed by atoms with E-state index in [1.807, 2.05) is 0 Å². The van der Waals surface area contributed by atoms with Crippen molar-refractivity contribution in [2.24, 2.45) is 11.8 Å². The van der Waals surface area contributed by atoms with Crippen molar-refractivity contribution in [3.8, 4) is 0 Å². The lowest BCUT2D eigenvalue weighted by molar-refractivity contribution is 0.281. The summed E-state index contributed by atoms with van der Waals surface area (Å²) in [5.74, 6) is 1.92. The van der Waals surface area contributed by atoms with Gasteiger partial charge >= 0.3 is 0 Å². The molecule has 0 saturated carbocycles. The van der Waals surface area contributed by atoms with Crippen molar-refractivity contribution in [1.82, 2.24) is 0 Å². The average molecular weight is 248 g/mol. The molecule has 0 heteroatoms. The molecule has 0 amide bonds. The standard InChI is InChI=1S/C18H32/c1-5-17(6-2)18(7-3)10-8-9-16-13-11-15(4)12-14-16/h11,13,17-18H,5-10,12,14H2,1-4H3. The maximum absolute atomic E-state index is 2.37. The quantitative estimate of drug-likeness (QED) is 0.474. The maximum atomic E-state index is 2.37. The zero-order valence-electron chi connectivity index (χ0n) is 13.0. The molecular formula is C18H32. The van der Waals surface area contributed by atoms with Crippen LogP contribution in [0.2, 0.25) is 0 Å². The molecule has 0 nitrogen and oxygen atoms in total. The SMILES string of the molecule is CCC(CC)C(CC)CCCC1=CC=C(C)CC1. The fraction of sp³-hybridized carbons (Fsp3) is 0.778. The van der Waals surface area contributed by atoms with Crippen molar-refractivity contribution in [2.75, 3.05) is 0 Å². The lowest BCUT2D eigenvalue weighted by Crippen LogP contribution is -2.12. The minimum atomic E-state index is 0.956. The number of hydrogen-bond donors (Lipinski definition) is 0. The molecule has 0 fully saturated rings. The van der Waals surface area contributed by atoms with E-state index < -0.39 is 0 Å². The van der Waals surface area contributed by atoms with Gasteiger partial charge in [0.1, 0.15) is 0 Å². The van der Waals surface area contributed by atoms with Crippen molar-refractivity contribution in [2.45, 2.75) is 79.1 Å². The maximum Gasteiger partial charge on any atom is -0.0280 e. The van der Waals surface area contributed by atoms with Crippen LogP contribution in [0.15, 0.2) is 23.3 Å². The van der Waals surface area contributed by atoms with E-state index in [0.717, 1.165) is 11.8 Å². The first-order valence-corrected chi connectivity index (χ1v) is 8.06. The van der Waals surface area contributed by atoms with Crippen molar-refractivity contribution in [1.29, 1.82) is 0 Å². The predicted molar refractivity (Wildman–Crippen MR) is 82.8 cm³/mol. The monoisotopic (exact) mass is 248 g/mol. The van der Waals surface area contributed by atoms with Crippen LogP contribution < -0.4 is 0 Å². The highest BCUT2D eigenvalue weighted by Gasteiger charge is 2.16. The van der Waals surface area contributed by atoms with Crippen LogP contribution in [0.4, 0.5) is 0 Å². The summed E-state index contributed by atoms with van der Waals surface area (Å²) < 4.78 is 0. The smallest absolute Gasteiger partial charge is 0.0280 e. The Morgan fingerprint density at radius 3 is 2.11 bits per heavy atom. The van der Waals surface area contributed by atoms with E-state index in [1.165, 1.54) is 51.4 Å². The zero-order chi connectivity index (χ0) is 13.4. The summed E-state index contributed by atoms with van der Waals surface area (Å²) in [6.07, 6.45) is 15.5. The van der Waals surface area contributed by atoms with Gasteiger partial charge in [0.2, 0.25) is 0 Å². The third-order valence-corrected chi connectivity index (χ3v) is 4.76. The Morgan fingerprint density at radius 2 is 1.61 bits per heavy atom. The topological polar surface area (TPSA) is 0 Å². The first-order chi connectivity index (χ1) is 8.71. The third kappa shape index (κ3) is 5.00. The van der Waals surface area contributed by atoms with E-state index in [9.17, 15) is 0 Å². The molecule has 1 unspecified atom stereocenters. The van der Waals surface area contributed by atoms with Crippen molar-refractivity contribution < 1.29 is 0 Å². The second kappa shape index (κ2) is 8.56. The average Bonchev–Trinajstić information content (AvgIpc) is 2.40. The summed E-state index contributed by atoms with van der Waals surface area (Å²) in [5, 5.41) is 0. The van der Waals surface area contributed by atoms with E-state index in [0.29, 0.717) is 0 Å². The van der Waals surface area contributed by atoms with E-state index >= 15 is 0 Å². The lowest BCUT2D eigenvalue weighted by atomic mass is 9.82. The molecule has 0 spiro atoms. The van der Waals surface area contributed by atoms with Crippen molar-refractivity contribution >= 4 is 0 Å². The third-order valence-electron chi connectivity index (χ3n) is 4.76. The zero-order valence-corrected chi connectivity index (χ0v) is 13.0. The van der Waals surface area contributed by atoms with Crippen LogP contribution in [0.5, 0.6) is 0 Å². The Hall–Kier alpha value is -0.520. The summed E-state index contributed by atoms with van der Waals surface area (Å²) in [7, 11) is 0. The summed E-state index contributed by atoms with van der Waals surface area (Å²) >= 11 is 0. The van der Waals surface area contributed by atoms with Crippen LogP contribution in [-0.2, 0) is 0 Å². The van der Waals surface area contributed by atoms with Gasteiger partial charge < -0.3 is 0 Å². The molecule has 0 aliphatic heterocycles. The van der Waals surface area contributed by atoms with Crippen molar-refractivity contribution in [3.05, 3.63) is 23.3 Å². The van der Waals surface area contributed by atoms with Gasteiger partial charge in [0.25, 0.3) is 0 Å². The van der Waals surface area contributed by atoms with Crippen LogP contribution in [0.25, 0.3) is 0 Å². The van der Waals surface area contributed by atoms with Gasteiger partial charge in [-0.3, -0.25) is 0 Å². The number of rotatable bonds is 8. The van der Waals surface area contributed by atoms with Gasteiger partial charge in [0.05, 0.1) is 0 Å². The van der Waals surface area contributed by atoms with Gasteiger partial charge in [-0.2, -0.15) is 0 Å². The fourth-order valence-electron chi connectivity index (χ4n) is 3.31. The van der Waals surface area contributed by atoms with Gasteiger partial charge in [0, 0.05) is 0 Å². The molecule has 0 radical (unpaired) electrons. The van der Waals surface area contributed by atoms with Gasteiger partial charge in [0.15, 0.2) is 0 Å². The van der Waals surface area contributed by atoms with Crippen LogP contribution in [-0.4, -0.2) is 0 Å². The Balaban J connectivity index is 2.31. The van der Waals surface area contributed by atoms with Gasteiger partial charge in [-0.1, -0.05) is 63.3 Å². The highest BCUT2D eigenvalue weighted by Crippen LogP contribution is 2.29. The molecule has 1 atom stereocenters. The first kappa shape index (κ1) is 15.5. The highest BCUT2D eigenvalue weighted by molar-refractivity contribution is 5.22. The van der Waals surface area contributed by atoms with Crippen LogP contribution >= 0.6 is 0 Å². The summed E-state index contributed by atoms with van der Waals surface area (Å²) in [4.78, 5) is 0. The molecule has 0 saturated heterocycles. The Kier molecular flexibility index (Phi) is 7.39. The molecule has 104 valence electrons. The number of allylic oxidation sites excluding steroid dienone is 4. The molecule has 0 aromatic carbocycles. The molecule has 1 rings (SSSR count). The summed E-state index contributed by atoms with van der Waals surface area (Å²) in [5.41, 5.74) is 3.22. The van der Waals surface area contributed by atoms with E-state index in [4.69, 9.17) is 0 Å². The van der Waals surface area contributed by atoms with Gasteiger partial charge in [-0.15, -0.1) is 0 Å². The lowest BCUT2D eigenvalue weighted by Gasteiger charge is -2.24. The minimum Gasteiger partial charge on any atom is -0.0730 e. The summed E-state index contributed by atoms with van der Waals surface area (Å²) in [6.45, 7) is 9.32. The van der Waals surface area contributed by atoms with Crippen molar-refractivity contribution in [3.63, 3.8) is 0 Å². The molecule has 1 aliphatic carbocycles. The normalized spacial score (nSPS) is 17.6. The molecule has 0 N–H and O–H groups in total. The first-order valence-electron chi connectivity index (χ1n) is 8.06. The van der Waals surface area contributed by atoms with E-state index in [2.05, 4.69) is 39.8 Å². The number of hydrogen-bond acceptors (Lipinski definition) is 0. The molecule has 1 aliphatic rings. The highest BCUT2D eigenvalue weighted by atomic mass is 14.2. The fourth-order valence-corrected chi connectivity index (χ4v) is 3.31. The second-order valence-electron chi connectivity index (χ2n) is 5.98. The summed E-state index contributed by atoms with van der Waals surface area (Å²) in [6, 6.07) is 0.